The first-order valence-corrected chi connectivity index (χ1v) is 14.6. The summed E-state index contributed by atoms with van der Waals surface area (Å²) in [4.78, 5) is 21.7. The van der Waals surface area contributed by atoms with E-state index < -0.39 is 0 Å². The number of piperazine rings is 1. The van der Waals surface area contributed by atoms with Crippen molar-refractivity contribution in [3.63, 3.8) is 0 Å². The van der Waals surface area contributed by atoms with E-state index in [9.17, 15) is 9.90 Å². The fourth-order valence-corrected chi connectivity index (χ4v) is 6.10. The third kappa shape index (κ3) is 5.84. The quantitative estimate of drug-likeness (QED) is 0.333. The van der Waals surface area contributed by atoms with Gasteiger partial charge in [0.05, 0.1) is 36.0 Å². The number of aryl methyl sites for hydroxylation is 1. The van der Waals surface area contributed by atoms with Crippen LogP contribution >= 0.6 is 0 Å². The van der Waals surface area contributed by atoms with Crippen LogP contribution in [0.2, 0.25) is 0 Å². The molecule has 1 N–H and O–H groups in total. The van der Waals surface area contributed by atoms with Crippen LogP contribution in [0.25, 0.3) is 22.2 Å². The minimum Gasteiger partial charge on any atom is -0.508 e. The zero-order valence-electron chi connectivity index (χ0n) is 24.9. The minimum absolute atomic E-state index is 0.200. The number of carbonyl (C=O) groups is 1. The third-order valence-corrected chi connectivity index (χ3v) is 8.43. The molecule has 3 aromatic rings. The number of aromatic hydroxyl groups is 1. The van der Waals surface area contributed by atoms with Gasteiger partial charge in [0, 0.05) is 74.7 Å². The van der Waals surface area contributed by atoms with Crippen molar-refractivity contribution in [1.29, 1.82) is 0 Å². The highest BCUT2D eigenvalue weighted by Gasteiger charge is 2.32. The topological polar surface area (TPSA) is 80.1 Å². The first-order valence-electron chi connectivity index (χ1n) is 14.6. The second-order valence-corrected chi connectivity index (χ2v) is 12.2. The molecular formula is C32H44N4O4. The van der Waals surface area contributed by atoms with Gasteiger partial charge < -0.3 is 24.0 Å². The molecule has 216 valence electrons. The third-order valence-electron chi connectivity index (χ3n) is 8.43. The first kappa shape index (κ1) is 28.4. The number of esters is 1. The Kier molecular flexibility index (Phi) is 8.11. The summed E-state index contributed by atoms with van der Waals surface area (Å²) >= 11 is 0. The van der Waals surface area contributed by atoms with E-state index in [4.69, 9.17) is 14.5 Å². The van der Waals surface area contributed by atoms with Gasteiger partial charge in [0.15, 0.2) is 0 Å². The van der Waals surface area contributed by atoms with Crippen molar-refractivity contribution in [2.45, 2.75) is 72.6 Å². The number of aromatic nitrogens is 2. The summed E-state index contributed by atoms with van der Waals surface area (Å²) in [5.41, 5.74) is 6.01. The van der Waals surface area contributed by atoms with E-state index >= 15 is 0 Å². The van der Waals surface area contributed by atoms with Gasteiger partial charge in [-0.15, -0.1) is 0 Å². The molecule has 1 aliphatic heterocycles. The Balaban J connectivity index is 1.65. The molecule has 0 spiro atoms. The minimum atomic E-state index is -0.323. The number of anilines is 1. The Bertz CT molecular complexity index is 1370. The van der Waals surface area contributed by atoms with Gasteiger partial charge in [-0.1, -0.05) is 13.8 Å². The van der Waals surface area contributed by atoms with E-state index in [1.165, 1.54) is 19.8 Å². The number of nitrogens with zero attached hydrogens (tertiary/aromatic N) is 4. The summed E-state index contributed by atoms with van der Waals surface area (Å²) in [6, 6.07) is 8.67. The van der Waals surface area contributed by atoms with E-state index in [1.54, 1.807) is 13.2 Å². The Morgan fingerprint density at radius 2 is 1.90 bits per heavy atom. The number of hydrogen-bond acceptors (Lipinski definition) is 7. The molecule has 1 aliphatic carbocycles. The molecule has 2 fully saturated rings. The fourth-order valence-electron chi connectivity index (χ4n) is 6.10. The van der Waals surface area contributed by atoms with Crippen molar-refractivity contribution in [1.82, 2.24) is 14.5 Å². The zero-order valence-corrected chi connectivity index (χ0v) is 24.9. The smallest absolute Gasteiger partial charge is 0.302 e. The van der Waals surface area contributed by atoms with E-state index in [2.05, 4.69) is 41.2 Å². The second kappa shape index (κ2) is 11.4. The van der Waals surface area contributed by atoms with Gasteiger partial charge in [-0.2, -0.15) is 0 Å². The number of benzene rings is 1. The average molecular weight is 549 g/mol. The van der Waals surface area contributed by atoms with Crippen LogP contribution in [0.15, 0.2) is 30.5 Å². The van der Waals surface area contributed by atoms with Crippen LogP contribution in [0.3, 0.4) is 0 Å². The molecule has 0 unspecified atom stereocenters. The Hall–Kier alpha value is -3.10. The van der Waals surface area contributed by atoms with Crippen LogP contribution in [0.5, 0.6) is 5.75 Å². The van der Waals surface area contributed by atoms with Crippen molar-refractivity contribution in [3.8, 4) is 17.0 Å². The molecule has 0 amide bonds. The van der Waals surface area contributed by atoms with Crippen LogP contribution in [0, 0.1) is 5.41 Å². The van der Waals surface area contributed by atoms with E-state index in [-0.39, 0.29) is 23.2 Å². The van der Waals surface area contributed by atoms with Crippen LogP contribution in [-0.2, 0) is 27.2 Å². The van der Waals surface area contributed by atoms with Crippen LogP contribution < -0.4 is 4.90 Å². The van der Waals surface area contributed by atoms with Crippen molar-refractivity contribution in [2.24, 2.45) is 5.41 Å². The van der Waals surface area contributed by atoms with E-state index in [0.29, 0.717) is 13.0 Å². The summed E-state index contributed by atoms with van der Waals surface area (Å²) in [6.45, 7) is 15.1. The van der Waals surface area contributed by atoms with Gasteiger partial charge in [-0.25, -0.2) is 0 Å². The predicted octanol–water partition coefficient (Wildman–Crippen LogP) is 5.55. The summed E-state index contributed by atoms with van der Waals surface area (Å²) < 4.78 is 13.6. The maximum Gasteiger partial charge on any atom is 0.302 e. The van der Waals surface area contributed by atoms with Crippen molar-refractivity contribution in [2.75, 3.05) is 44.8 Å². The summed E-state index contributed by atoms with van der Waals surface area (Å²) in [7, 11) is 1.72. The Morgan fingerprint density at radius 3 is 2.52 bits per heavy atom. The largest absolute Gasteiger partial charge is 0.508 e. The van der Waals surface area contributed by atoms with E-state index in [1.807, 2.05) is 25.3 Å². The summed E-state index contributed by atoms with van der Waals surface area (Å²) in [6.07, 6.45) is 5.13. The number of hydrogen-bond donors (Lipinski definition) is 1. The number of ether oxygens (including phenoxy) is 2. The molecule has 8 heteroatoms. The number of rotatable bonds is 10. The van der Waals surface area contributed by atoms with Gasteiger partial charge in [0.1, 0.15) is 5.75 Å². The first-order chi connectivity index (χ1) is 19.1. The molecule has 0 radical (unpaired) electrons. The highest BCUT2D eigenvalue weighted by molar-refractivity contribution is 5.93. The highest BCUT2D eigenvalue weighted by atomic mass is 16.5. The van der Waals surface area contributed by atoms with E-state index in [0.717, 1.165) is 77.9 Å². The number of methoxy groups -OCH3 is 1. The molecule has 0 bridgehead atoms. The van der Waals surface area contributed by atoms with Gasteiger partial charge in [0.2, 0.25) is 0 Å². The Labute approximate surface area is 237 Å². The molecule has 1 saturated heterocycles. The van der Waals surface area contributed by atoms with Crippen molar-refractivity contribution in [3.05, 3.63) is 41.7 Å². The number of phenols is 1. The van der Waals surface area contributed by atoms with Crippen LogP contribution in [-0.4, -0.2) is 71.5 Å². The molecule has 2 aliphatic rings. The Morgan fingerprint density at radius 1 is 1.18 bits per heavy atom. The molecule has 40 heavy (non-hydrogen) atoms. The molecule has 1 aromatic carbocycles. The maximum atomic E-state index is 11.7. The molecule has 1 saturated carbocycles. The van der Waals surface area contributed by atoms with Crippen molar-refractivity contribution >= 4 is 22.6 Å². The van der Waals surface area contributed by atoms with Crippen molar-refractivity contribution < 1.29 is 19.4 Å². The molecule has 3 heterocycles. The summed E-state index contributed by atoms with van der Waals surface area (Å²) in [5, 5.41) is 11.5. The maximum absolute atomic E-state index is 11.7. The zero-order chi connectivity index (χ0) is 28.6. The molecular weight excluding hydrogens is 504 g/mol. The monoisotopic (exact) mass is 548 g/mol. The lowest BCUT2D eigenvalue weighted by Gasteiger charge is -2.36. The lowest BCUT2D eigenvalue weighted by molar-refractivity contribution is -0.143. The van der Waals surface area contributed by atoms with Crippen LogP contribution in [0.1, 0.15) is 64.8 Å². The standard InChI is InChI=1S/C32H44N4O4/c1-7-36-29-11-10-25(38)17-26(29)28(18-32(4,5)20-40-22(3)37)31(36)27-16-24(19-33-30(27)21(2)39-6)35-14-12-34(13-15-35)23-8-9-23/h10-11,16-17,19,21,23,38H,7-9,12-15,18,20H2,1-6H3/t21-/m0/s1. The van der Waals surface area contributed by atoms with Gasteiger partial charge in [0.25, 0.3) is 0 Å². The van der Waals surface area contributed by atoms with Gasteiger partial charge >= 0.3 is 5.97 Å². The van der Waals surface area contributed by atoms with Crippen LogP contribution in [0.4, 0.5) is 5.69 Å². The lowest BCUT2D eigenvalue weighted by Crippen LogP contribution is -2.47. The molecule has 2 aromatic heterocycles. The summed E-state index contributed by atoms with van der Waals surface area (Å²) in [5.74, 6) is -0.0472. The SMILES string of the molecule is CCn1c(-c2cc(N3CCN(C4CC4)CC3)cnc2[C@H](C)OC)c(CC(C)(C)COC(C)=O)c2cc(O)ccc21. The number of carbonyl (C=O) groups excluding carboxylic acids is 1. The van der Waals surface area contributed by atoms with Gasteiger partial charge in [-0.05, 0) is 62.9 Å². The predicted molar refractivity (Wildman–Crippen MR) is 159 cm³/mol. The second-order valence-electron chi connectivity index (χ2n) is 12.2. The number of fused-ring (bicyclic) bond motifs is 1. The molecule has 8 nitrogen and oxygen atoms in total. The average Bonchev–Trinajstić information content (AvgIpc) is 3.75. The number of phenolic OH excluding ortho intramolecular Hbond substituents is 1. The molecule has 5 rings (SSSR count). The highest BCUT2D eigenvalue weighted by Crippen LogP contribution is 2.42. The lowest BCUT2D eigenvalue weighted by atomic mass is 9.84. The number of pyridine rings is 1. The normalized spacial score (nSPS) is 17.4. The van der Waals surface area contributed by atoms with Gasteiger partial charge in [-0.3, -0.25) is 14.7 Å². The fraction of sp³-hybridized carbons (Fsp3) is 0.562. The molecule has 1 atom stereocenters.